The van der Waals surface area contributed by atoms with Gasteiger partial charge in [0.05, 0.1) is 0 Å². The zero-order chi connectivity index (χ0) is 14.5. The summed E-state index contributed by atoms with van der Waals surface area (Å²) in [4.78, 5) is 16.3. The van der Waals surface area contributed by atoms with Gasteiger partial charge in [-0.2, -0.15) is 10.1 Å². The van der Waals surface area contributed by atoms with E-state index in [0.29, 0.717) is 23.8 Å². The van der Waals surface area contributed by atoms with Gasteiger partial charge in [0.15, 0.2) is 5.82 Å². The van der Waals surface area contributed by atoms with E-state index in [1.165, 1.54) is 0 Å². The third kappa shape index (κ3) is 3.23. The van der Waals surface area contributed by atoms with Gasteiger partial charge in [-0.1, -0.05) is 25.4 Å². The number of hydrogen-bond acceptors (Lipinski definition) is 5. The molecule has 2 rings (SSSR count). The molecule has 1 atom stereocenters. The maximum absolute atomic E-state index is 12.1. The Hall–Kier alpha value is -2.18. The van der Waals surface area contributed by atoms with Crippen LogP contribution in [0.4, 0.5) is 0 Å². The zero-order valence-electron chi connectivity index (χ0n) is 11.9. The summed E-state index contributed by atoms with van der Waals surface area (Å²) in [6.45, 7) is 5.76. The fourth-order valence-electron chi connectivity index (χ4n) is 1.90. The summed E-state index contributed by atoms with van der Waals surface area (Å²) in [6, 6.07) is 1.47. The number of aryl methyl sites for hydroxylation is 2. The summed E-state index contributed by atoms with van der Waals surface area (Å²) < 4.78 is 5.09. The fraction of sp³-hybridized carbons (Fsp3) is 0.538. The molecular weight excluding hydrogens is 258 g/mol. The van der Waals surface area contributed by atoms with Crippen molar-refractivity contribution >= 4 is 5.91 Å². The molecule has 0 fully saturated rings. The van der Waals surface area contributed by atoms with Crippen LogP contribution in [0.15, 0.2) is 10.6 Å². The van der Waals surface area contributed by atoms with Crippen LogP contribution in [0.1, 0.15) is 60.6 Å². The van der Waals surface area contributed by atoms with Crippen molar-refractivity contribution < 1.29 is 9.32 Å². The molecule has 108 valence electrons. The van der Waals surface area contributed by atoms with Crippen LogP contribution in [-0.2, 0) is 6.42 Å². The van der Waals surface area contributed by atoms with Crippen LogP contribution >= 0.6 is 0 Å². The summed E-state index contributed by atoms with van der Waals surface area (Å²) >= 11 is 0. The molecule has 0 spiro atoms. The standard InChI is InChI=1S/C13H19N5O2/c1-4-6-9-7-11(17-16-9)12(19)15-10(5-2)13-14-8(3)18-20-13/h7,10H,4-6H2,1-3H3,(H,15,19)(H,16,17)/t10-/m0/s1. The highest BCUT2D eigenvalue weighted by atomic mass is 16.5. The number of aromatic amines is 1. The third-order valence-corrected chi connectivity index (χ3v) is 2.94. The zero-order valence-corrected chi connectivity index (χ0v) is 11.9. The molecule has 2 aromatic heterocycles. The molecule has 0 aliphatic heterocycles. The molecule has 0 saturated heterocycles. The maximum atomic E-state index is 12.1. The number of amides is 1. The molecule has 2 heterocycles. The molecule has 7 heteroatoms. The Kier molecular flexibility index (Phi) is 4.49. The van der Waals surface area contributed by atoms with E-state index in [2.05, 4.69) is 32.6 Å². The Balaban J connectivity index is 2.04. The minimum Gasteiger partial charge on any atom is -0.339 e. The van der Waals surface area contributed by atoms with Crippen LogP contribution in [-0.4, -0.2) is 26.2 Å². The van der Waals surface area contributed by atoms with Crippen LogP contribution in [0.3, 0.4) is 0 Å². The highest BCUT2D eigenvalue weighted by Crippen LogP contribution is 2.15. The van der Waals surface area contributed by atoms with Crippen LogP contribution in [0, 0.1) is 6.92 Å². The van der Waals surface area contributed by atoms with Gasteiger partial charge in [-0.05, 0) is 25.8 Å². The average molecular weight is 277 g/mol. The van der Waals surface area contributed by atoms with Crippen LogP contribution in [0.25, 0.3) is 0 Å². The molecule has 0 saturated carbocycles. The first-order chi connectivity index (χ1) is 9.63. The smallest absolute Gasteiger partial charge is 0.272 e. The minimum atomic E-state index is -0.296. The fourth-order valence-corrected chi connectivity index (χ4v) is 1.90. The number of nitrogens with one attached hydrogen (secondary N) is 2. The molecule has 0 radical (unpaired) electrons. The molecule has 0 bridgehead atoms. The molecule has 2 aromatic rings. The summed E-state index contributed by atoms with van der Waals surface area (Å²) in [6.07, 6.45) is 2.54. The van der Waals surface area contributed by atoms with Gasteiger partial charge in [-0.15, -0.1) is 0 Å². The second kappa shape index (κ2) is 6.31. The molecule has 0 unspecified atom stereocenters. The van der Waals surface area contributed by atoms with E-state index in [4.69, 9.17) is 4.52 Å². The van der Waals surface area contributed by atoms with Crippen molar-refractivity contribution in [1.82, 2.24) is 25.7 Å². The number of carbonyl (C=O) groups excluding carboxylic acids is 1. The number of hydrogen-bond donors (Lipinski definition) is 2. The van der Waals surface area contributed by atoms with Crippen molar-refractivity contribution in [2.45, 2.75) is 46.1 Å². The van der Waals surface area contributed by atoms with E-state index in [-0.39, 0.29) is 11.9 Å². The third-order valence-electron chi connectivity index (χ3n) is 2.94. The lowest BCUT2D eigenvalue weighted by atomic mass is 10.2. The summed E-state index contributed by atoms with van der Waals surface area (Å²) in [5.41, 5.74) is 1.34. The molecule has 2 N–H and O–H groups in total. The molecular formula is C13H19N5O2. The topological polar surface area (TPSA) is 96.7 Å². The number of rotatable bonds is 6. The monoisotopic (exact) mass is 277 g/mol. The van der Waals surface area contributed by atoms with E-state index in [0.717, 1.165) is 18.5 Å². The Morgan fingerprint density at radius 1 is 1.50 bits per heavy atom. The highest BCUT2D eigenvalue weighted by molar-refractivity contribution is 5.92. The molecule has 7 nitrogen and oxygen atoms in total. The number of aromatic nitrogens is 4. The van der Waals surface area contributed by atoms with Gasteiger partial charge < -0.3 is 9.84 Å². The lowest BCUT2D eigenvalue weighted by Gasteiger charge is -2.11. The summed E-state index contributed by atoms with van der Waals surface area (Å²) in [5.74, 6) is 0.728. The van der Waals surface area contributed by atoms with Crippen molar-refractivity contribution in [2.24, 2.45) is 0 Å². The maximum Gasteiger partial charge on any atom is 0.272 e. The van der Waals surface area contributed by atoms with E-state index in [9.17, 15) is 4.79 Å². The van der Waals surface area contributed by atoms with Gasteiger partial charge in [0, 0.05) is 5.69 Å². The molecule has 0 aliphatic rings. The van der Waals surface area contributed by atoms with E-state index < -0.39 is 0 Å². The minimum absolute atomic E-state index is 0.244. The van der Waals surface area contributed by atoms with Crippen LogP contribution in [0.5, 0.6) is 0 Å². The predicted octanol–water partition coefficient (Wildman–Crippen LogP) is 1.93. The quantitative estimate of drug-likeness (QED) is 0.841. The number of nitrogens with zero attached hydrogens (tertiary/aromatic N) is 3. The summed E-state index contributed by atoms with van der Waals surface area (Å²) in [7, 11) is 0. The molecule has 0 aliphatic carbocycles. The predicted molar refractivity (Wildman–Crippen MR) is 72.1 cm³/mol. The Morgan fingerprint density at radius 3 is 2.90 bits per heavy atom. The van der Waals surface area contributed by atoms with Crippen molar-refractivity contribution in [3.63, 3.8) is 0 Å². The second-order valence-corrected chi connectivity index (χ2v) is 4.64. The first-order valence-electron chi connectivity index (χ1n) is 6.79. The lowest BCUT2D eigenvalue weighted by Crippen LogP contribution is -2.28. The number of H-pyrrole nitrogens is 1. The second-order valence-electron chi connectivity index (χ2n) is 4.64. The SMILES string of the molecule is CCCc1cc(C(=O)N[C@@H](CC)c2nc(C)no2)n[nH]1. The Bertz CT molecular complexity index is 575. The number of carbonyl (C=O) groups is 1. The molecule has 1 amide bonds. The van der Waals surface area contributed by atoms with Crippen molar-refractivity contribution in [2.75, 3.05) is 0 Å². The van der Waals surface area contributed by atoms with Crippen molar-refractivity contribution in [3.8, 4) is 0 Å². The van der Waals surface area contributed by atoms with Gasteiger partial charge in [-0.25, -0.2) is 0 Å². The Morgan fingerprint density at radius 2 is 2.30 bits per heavy atom. The normalized spacial score (nSPS) is 12.3. The van der Waals surface area contributed by atoms with E-state index in [1.807, 2.05) is 6.92 Å². The molecule has 20 heavy (non-hydrogen) atoms. The van der Waals surface area contributed by atoms with Crippen molar-refractivity contribution in [1.29, 1.82) is 0 Å². The van der Waals surface area contributed by atoms with Gasteiger partial charge in [0.2, 0.25) is 5.89 Å². The average Bonchev–Trinajstić information content (AvgIpc) is 3.05. The van der Waals surface area contributed by atoms with E-state index >= 15 is 0 Å². The summed E-state index contributed by atoms with van der Waals surface area (Å²) in [5, 5.41) is 13.5. The Labute approximate surface area is 117 Å². The van der Waals surface area contributed by atoms with Gasteiger partial charge in [0.25, 0.3) is 5.91 Å². The van der Waals surface area contributed by atoms with E-state index in [1.54, 1.807) is 13.0 Å². The van der Waals surface area contributed by atoms with Crippen molar-refractivity contribution in [3.05, 3.63) is 29.2 Å². The van der Waals surface area contributed by atoms with Crippen LogP contribution in [0.2, 0.25) is 0 Å². The van der Waals surface area contributed by atoms with Crippen LogP contribution < -0.4 is 5.32 Å². The van der Waals surface area contributed by atoms with Gasteiger partial charge in [-0.3, -0.25) is 9.89 Å². The largest absolute Gasteiger partial charge is 0.339 e. The lowest BCUT2D eigenvalue weighted by molar-refractivity contribution is 0.0922. The highest BCUT2D eigenvalue weighted by Gasteiger charge is 2.20. The molecule has 0 aromatic carbocycles. The first-order valence-corrected chi connectivity index (χ1v) is 6.79. The van der Waals surface area contributed by atoms with Gasteiger partial charge in [0.1, 0.15) is 11.7 Å². The first kappa shape index (κ1) is 14.2. The van der Waals surface area contributed by atoms with Gasteiger partial charge >= 0.3 is 0 Å².